The largest absolute Gasteiger partial charge is 0.340 e. The van der Waals surface area contributed by atoms with Crippen molar-refractivity contribution in [2.75, 3.05) is 20.1 Å². The van der Waals surface area contributed by atoms with E-state index in [0.717, 1.165) is 17.3 Å². The summed E-state index contributed by atoms with van der Waals surface area (Å²) in [5.41, 5.74) is 0.449. The molecule has 0 bridgehead atoms. The van der Waals surface area contributed by atoms with E-state index in [1.807, 2.05) is 0 Å². The van der Waals surface area contributed by atoms with Crippen LogP contribution in [0.5, 0.6) is 0 Å². The number of piperidine rings is 1. The fraction of sp³-hybridized carbons (Fsp3) is 0.467. The first-order chi connectivity index (χ1) is 9.97. The van der Waals surface area contributed by atoms with E-state index in [0.29, 0.717) is 18.5 Å². The van der Waals surface area contributed by atoms with Gasteiger partial charge < -0.3 is 9.80 Å². The first-order valence-electron chi connectivity index (χ1n) is 6.93. The SMILES string of the molecule is CN(Cc1cc(Br)ccc1F)C(=O)CN1CCCCC1=O. The Labute approximate surface area is 132 Å². The number of hydrogen-bond donors (Lipinski definition) is 0. The summed E-state index contributed by atoms with van der Waals surface area (Å²) in [7, 11) is 1.62. The van der Waals surface area contributed by atoms with E-state index < -0.39 is 0 Å². The second-order valence-corrected chi connectivity index (χ2v) is 6.17. The average molecular weight is 357 g/mol. The molecule has 2 rings (SSSR count). The van der Waals surface area contributed by atoms with Crippen LogP contribution in [0.1, 0.15) is 24.8 Å². The molecule has 0 N–H and O–H groups in total. The number of carbonyl (C=O) groups excluding carboxylic acids is 2. The number of likely N-dealkylation sites (N-methyl/N-ethyl adjacent to an activating group) is 1. The Morgan fingerprint density at radius 1 is 1.43 bits per heavy atom. The van der Waals surface area contributed by atoms with Crippen molar-refractivity contribution in [3.63, 3.8) is 0 Å². The third kappa shape index (κ3) is 4.27. The van der Waals surface area contributed by atoms with E-state index in [1.165, 1.54) is 11.0 Å². The molecule has 21 heavy (non-hydrogen) atoms. The van der Waals surface area contributed by atoms with Crippen LogP contribution in [0.2, 0.25) is 0 Å². The fourth-order valence-electron chi connectivity index (χ4n) is 2.32. The number of halogens is 2. The van der Waals surface area contributed by atoms with Gasteiger partial charge in [0.2, 0.25) is 11.8 Å². The van der Waals surface area contributed by atoms with Crippen LogP contribution in [-0.4, -0.2) is 41.8 Å². The molecule has 2 amide bonds. The van der Waals surface area contributed by atoms with Crippen molar-refractivity contribution in [3.8, 4) is 0 Å². The highest BCUT2D eigenvalue weighted by molar-refractivity contribution is 9.10. The van der Waals surface area contributed by atoms with Gasteiger partial charge in [-0.05, 0) is 31.0 Å². The Morgan fingerprint density at radius 2 is 2.19 bits per heavy atom. The first-order valence-corrected chi connectivity index (χ1v) is 7.72. The normalized spacial score (nSPS) is 15.2. The molecule has 1 aromatic rings. The topological polar surface area (TPSA) is 40.6 Å². The van der Waals surface area contributed by atoms with Crippen LogP contribution in [0.15, 0.2) is 22.7 Å². The van der Waals surface area contributed by atoms with E-state index >= 15 is 0 Å². The molecule has 6 heteroatoms. The molecule has 1 fully saturated rings. The van der Waals surface area contributed by atoms with Crippen LogP contribution in [0.3, 0.4) is 0 Å². The Morgan fingerprint density at radius 3 is 2.90 bits per heavy atom. The molecule has 4 nitrogen and oxygen atoms in total. The summed E-state index contributed by atoms with van der Waals surface area (Å²) in [4.78, 5) is 26.9. The number of nitrogens with zero attached hydrogens (tertiary/aromatic N) is 2. The molecular weight excluding hydrogens is 339 g/mol. The van der Waals surface area contributed by atoms with Crippen LogP contribution >= 0.6 is 15.9 Å². The number of hydrogen-bond acceptors (Lipinski definition) is 2. The molecule has 1 aliphatic rings. The third-order valence-electron chi connectivity index (χ3n) is 3.59. The van der Waals surface area contributed by atoms with Crippen LogP contribution in [0.25, 0.3) is 0 Å². The highest BCUT2D eigenvalue weighted by Gasteiger charge is 2.22. The molecule has 0 unspecified atom stereocenters. The maximum atomic E-state index is 13.7. The molecule has 0 spiro atoms. The van der Waals surface area contributed by atoms with Crippen molar-refractivity contribution < 1.29 is 14.0 Å². The summed E-state index contributed by atoms with van der Waals surface area (Å²) in [5.74, 6) is -0.492. The number of rotatable bonds is 4. The molecule has 114 valence electrons. The van der Waals surface area contributed by atoms with Gasteiger partial charge in [0.15, 0.2) is 0 Å². The molecule has 0 aromatic heterocycles. The van der Waals surface area contributed by atoms with Gasteiger partial charge in [-0.25, -0.2) is 4.39 Å². The van der Waals surface area contributed by atoms with E-state index in [2.05, 4.69) is 15.9 Å². The predicted molar refractivity (Wildman–Crippen MR) is 81.0 cm³/mol. The molecule has 0 atom stereocenters. The van der Waals surface area contributed by atoms with Gasteiger partial charge in [0, 0.05) is 36.6 Å². The van der Waals surface area contributed by atoms with Gasteiger partial charge in [-0.15, -0.1) is 0 Å². The second-order valence-electron chi connectivity index (χ2n) is 5.26. The van der Waals surface area contributed by atoms with Gasteiger partial charge in [0.25, 0.3) is 0 Å². The summed E-state index contributed by atoms with van der Waals surface area (Å²) >= 11 is 3.29. The average Bonchev–Trinajstić information content (AvgIpc) is 2.45. The highest BCUT2D eigenvalue weighted by atomic mass is 79.9. The van der Waals surface area contributed by atoms with Crippen LogP contribution in [0.4, 0.5) is 4.39 Å². The first kappa shape index (κ1) is 15.9. The predicted octanol–water partition coefficient (Wildman–Crippen LogP) is 2.56. The number of benzene rings is 1. The van der Waals surface area contributed by atoms with Gasteiger partial charge in [0.05, 0.1) is 6.54 Å². The standard InChI is InChI=1S/C15H18BrFN2O2/c1-18(9-11-8-12(16)5-6-13(11)17)15(21)10-19-7-3-2-4-14(19)20/h5-6,8H,2-4,7,9-10H2,1H3. The van der Waals surface area contributed by atoms with E-state index in [9.17, 15) is 14.0 Å². The van der Waals surface area contributed by atoms with E-state index in [1.54, 1.807) is 24.1 Å². The molecule has 1 saturated heterocycles. The van der Waals surface area contributed by atoms with Crippen molar-refractivity contribution in [1.82, 2.24) is 9.80 Å². The monoisotopic (exact) mass is 356 g/mol. The Balaban J connectivity index is 1.96. The van der Waals surface area contributed by atoms with Crippen molar-refractivity contribution in [1.29, 1.82) is 0 Å². The minimum absolute atomic E-state index is 0.0247. The minimum atomic E-state index is -0.341. The lowest BCUT2D eigenvalue weighted by Gasteiger charge is -2.28. The maximum Gasteiger partial charge on any atom is 0.242 e. The van der Waals surface area contributed by atoms with Crippen molar-refractivity contribution in [3.05, 3.63) is 34.1 Å². The molecule has 1 aromatic carbocycles. The summed E-state index contributed by atoms with van der Waals surface area (Å²) in [5, 5.41) is 0. The van der Waals surface area contributed by atoms with Gasteiger partial charge in [-0.1, -0.05) is 15.9 Å². The lowest BCUT2D eigenvalue weighted by atomic mass is 10.1. The Bertz CT molecular complexity index is 550. The van der Waals surface area contributed by atoms with Gasteiger partial charge in [0.1, 0.15) is 5.82 Å². The fourth-order valence-corrected chi connectivity index (χ4v) is 2.73. The summed E-state index contributed by atoms with van der Waals surface area (Å²) in [6, 6.07) is 4.64. The second kappa shape index (κ2) is 7.02. The summed E-state index contributed by atoms with van der Waals surface area (Å²) in [6.07, 6.45) is 2.34. The van der Waals surface area contributed by atoms with Crippen LogP contribution in [0, 0.1) is 5.82 Å². The Kier molecular flexibility index (Phi) is 5.33. The van der Waals surface area contributed by atoms with E-state index in [-0.39, 0.29) is 30.7 Å². The molecular formula is C15H18BrFN2O2. The van der Waals surface area contributed by atoms with Crippen molar-refractivity contribution in [2.24, 2.45) is 0 Å². The summed E-state index contributed by atoms with van der Waals surface area (Å²) < 4.78 is 14.5. The lowest BCUT2D eigenvalue weighted by molar-refractivity contribution is -0.141. The number of amides is 2. The Hall–Kier alpha value is -1.43. The molecule has 0 aliphatic carbocycles. The maximum absolute atomic E-state index is 13.7. The smallest absolute Gasteiger partial charge is 0.242 e. The highest BCUT2D eigenvalue weighted by Crippen LogP contribution is 2.17. The van der Waals surface area contributed by atoms with Gasteiger partial charge >= 0.3 is 0 Å². The molecule has 0 saturated carbocycles. The lowest BCUT2D eigenvalue weighted by Crippen LogP contribution is -2.43. The van der Waals surface area contributed by atoms with Crippen molar-refractivity contribution in [2.45, 2.75) is 25.8 Å². The zero-order valence-electron chi connectivity index (χ0n) is 11.9. The molecule has 1 heterocycles. The molecule has 0 radical (unpaired) electrons. The minimum Gasteiger partial charge on any atom is -0.340 e. The zero-order chi connectivity index (χ0) is 15.4. The van der Waals surface area contributed by atoms with E-state index in [4.69, 9.17) is 0 Å². The third-order valence-corrected chi connectivity index (χ3v) is 4.08. The number of carbonyl (C=O) groups is 2. The van der Waals surface area contributed by atoms with Crippen LogP contribution in [-0.2, 0) is 16.1 Å². The van der Waals surface area contributed by atoms with Crippen molar-refractivity contribution >= 4 is 27.7 Å². The van der Waals surface area contributed by atoms with Crippen LogP contribution < -0.4 is 0 Å². The summed E-state index contributed by atoms with van der Waals surface area (Å²) in [6.45, 7) is 0.890. The quantitative estimate of drug-likeness (QED) is 0.831. The number of likely N-dealkylation sites (tertiary alicyclic amines) is 1. The van der Waals surface area contributed by atoms with Gasteiger partial charge in [-0.2, -0.15) is 0 Å². The molecule has 1 aliphatic heterocycles. The zero-order valence-corrected chi connectivity index (χ0v) is 13.5. The van der Waals surface area contributed by atoms with Gasteiger partial charge in [-0.3, -0.25) is 9.59 Å².